The van der Waals surface area contributed by atoms with Gasteiger partial charge in [0.2, 0.25) is 0 Å². The van der Waals surface area contributed by atoms with E-state index in [1.807, 2.05) is 6.08 Å². The van der Waals surface area contributed by atoms with Crippen molar-refractivity contribution in [1.29, 1.82) is 0 Å². The molecule has 0 N–H and O–H groups in total. The molecule has 1 fully saturated rings. The van der Waals surface area contributed by atoms with Crippen molar-refractivity contribution in [2.45, 2.75) is 84.5 Å². The fraction of sp³-hybridized carbons (Fsp3) is 0.773. The van der Waals surface area contributed by atoms with Gasteiger partial charge in [0.15, 0.2) is 14.1 Å². The Hall–Kier alpha value is -0.673. The number of carbonyl (C=O) groups excluding carboxylic acids is 1. The molecule has 0 aromatic heterocycles. The zero-order chi connectivity index (χ0) is 18.6. The van der Waals surface area contributed by atoms with Crippen molar-refractivity contribution < 1.29 is 9.22 Å². The lowest BCUT2D eigenvalue weighted by Gasteiger charge is -2.56. The van der Waals surface area contributed by atoms with Gasteiger partial charge in [0.05, 0.1) is 6.10 Å². The SMILES string of the molecule is C[C@@H]1C=CC[C@]2(C)[C@H]3CCC(=O)C=C3[C@H](O[Si](C)(C)C(C)(C)C)C[C@@H]12. The van der Waals surface area contributed by atoms with Gasteiger partial charge in [-0.2, -0.15) is 0 Å². The van der Waals surface area contributed by atoms with Gasteiger partial charge >= 0.3 is 0 Å². The maximum absolute atomic E-state index is 12.2. The number of carbonyl (C=O) groups is 1. The highest BCUT2D eigenvalue weighted by Gasteiger charge is 2.53. The molecule has 0 radical (unpaired) electrons. The fourth-order valence-corrected chi connectivity index (χ4v) is 6.46. The molecule has 0 saturated heterocycles. The number of hydrogen-bond acceptors (Lipinski definition) is 2. The predicted octanol–water partition coefficient (Wildman–Crippen LogP) is 5.90. The van der Waals surface area contributed by atoms with Crippen LogP contribution in [-0.2, 0) is 9.22 Å². The average molecular weight is 361 g/mol. The van der Waals surface area contributed by atoms with E-state index in [-0.39, 0.29) is 16.6 Å². The van der Waals surface area contributed by atoms with Gasteiger partial charge < -0.3 is 4.43 Å². The third-order valence-electron chi connectivity index (χ3n) is 7.77. The molecule has 3 aliphatic carbocycles. The first-order valence-corrected chi connectivity index (χ1v) is 13.0. The van der Waals surface area contributed by atoms with Gasteiger partial charge in [0.1, 0.15) is 0 Å². The molecule has 0 amide bonds. The van der Waals surface area contributed by atoms with E-state index in [4.69, 9.17) is 4.43 Å². The summed E-state index contributed by atoms with van der Waals surface area (Å²) in [5.41, 5.74) is 1.61. The Bertz CT molecular complexity index is 610. The molecule has 2 nitrogen and oxygen atoms in total. The van der Waals surface area contributed by atoms with Gasteiger partial charge in [0, 0.05) is 6.42 Å². The highest BCUT2D eigenvalue weighted by Crippen LogP contribution is 2.58. The van der Waals surface area contributed by atoms with Crippen LogP contribution in [0.2, 0.25) is 18.1 Å². The van der Waals surface area contributed by atoms with Crippen molar-refractivity contribution in [3.63, 3.8) is 0 Å². The monoisotopic (exact) mass is 360 g/mol. The summed E-state index contributed by atoms with van der Waals surface area (Å²) in [4.78, 5) is 12.2. The fourth-order valence-electron chi connectivity index (χ4n) is 5.16. The first-order chi connectivity index (χ1) is 11.5. The van der Waals surface area contributed by atoms with Crippen LogP contribution in [0.4, 0.5) is 0 Å². The molecule has 0 bridgehead atoms. The van der Waals surface area contributed by atoms with Crippen LogP contribution in [0.1, 0.15) is 60.3 Å². The van der Waals surface area contributed by atoms with Gasteiger partial charge in [-0.25, -0.2) is 0 Å². The second-order valence-electron chi connectivity index (χ2n) is 10.4. The second-order valence-corrected chi connectivity index (χ2v) is 15.2. The molecule has 0 unspecified atom stereocenters. The van der Waals surface area contributed by atoms with Gasteiger partial charge in [-0.05, 0) is 72.2 Å². The molecule has 0 aromatic carbocycles. The summed E-state index contributed by atoms with van der Waals surface area (Å²) in [6, 6.07) is 0. The lowest BCUT2D eigenvalue weighted by atomic mass is 9.51. The minimum atomic E-state index is -1.86. The highest BCUT2D eigenvalue weighted by molar-refractivity contribution is 6.74. The normalized spacial score (nSPS) is 38.8. The molecule has 0 aliphatic heterocycles. The number of ketones is 1. The molecule has 3 aliphatic rings. The van der Waals surface area contributed by atoms with Crippen molar-refractivity contribution in [3.8, 4) is 0 Å². The third kappa shape index (κ3) is 3.23. The van der Waals surface area contributed by atoms with Crippen LogP contribution >= 0.6 is 0 Å². The molecule has 5 atom stereocenters. The van der Waals surface area contributed by atoms with Gasteiger partial charge in [0.25, 0.3) is 0 Å². The van der Waals surface area contributed by atoms with Gasteiger partial charge in [-0.3, -0.25) is 4.79 Å². The maximum Gasteiger partial charge on any atom is 0.192 e. The molecule has 1 saturated carbocycles. The number of fused-ring (bicyclic) bond motifs is 3. The Balaban J connectivity index is 1.99. The minimum Gasteiger partial charge on any atom is -0.410 e. The summed E-state index contributed by atoms with van der Waals surface area (Å²) in [5, 5.41) is 0.195. The van der Waals surface area contributed by atoms with Crippen molar-refractivity contribution in [1.82, 2.24) is 0 Å². The Kier molecular flexibility index (Phi) is 4.73. The first-order valence-electron chi connectivity index (χ1n) is 10.0. The van der Waals surface area contributed by atoms with E-state index in [1.165, 1.54) is 5.57 Å². The Labute approximate surface area is 155 Å². The average Bonchev–Trinajstić information content (AvgIpc) is 2.47. The summed E-state index contributed by atoms with van der Waals surface area (Å²) < 4.78 is 6.90. The van der Waals surface area contributed by atoms with E-state index in [0.717, 1.165) is 19.3 Å². The van der Waals surface area contributed by atoms with E-state index >= 15 is 0 Å². The highest BCUT2D eigenvalue weighted by atomic mass is 28.4. The smallest absolute Gasteiger partial charge is 0.192 e. The molecular weight excluding hydrogens is 324 g/mol. The van der Waals surface area contributed by atoms with E-state index in [1.54, 1.807) is 0 Å². The molecule has 0 spiro atoms. The Morgan fingerprint density at radius 2 is 1.96 bits per heavy atom. The zero-order valence-electron chi connectivity index (χ0n) is 17.2. The van der Waals surface area contributed by atoms with Crippen LogP contribution in [0.25, 0.3) is 0 Å². The summed E-state index contributed by atoms with van der Waals surface area (Å²) in [7, 11) is -1.86. The lowest BCUT2D eigenvalue weighted by molar-refractivity contribution is -0.116. The molecule has 3 heteroatoms. The maximum atomic E-state index is 12.2. The Morgan fingerprint density at radius 3 is 2.60 bits per heavy atom. The summed E-state index contributed by atoms with van der Waals surface area (Å²) in [6.07, 6.45) is 10.8. The molecule has 3 rings (SSSR count). The predicted molar refractivity (Wildman–Crippen MR) is 107 cm³/mol. The first kappa shape index (κ1) is 19.1. The van der Waals surface area contributed by atoms with Crippen LogP contribution in [0.5, 0.6) is 0 Å². The van der Waals surface area contributed by atoms with Crippen molar-refractivity contribution in [3.05, 3.63) is 23.8 Å². The summed E-state index contributed by atoms with van der Waals surface area (Å²) in [6.45, 7) is 16.4. The summed E-state index contributed by atoms with van der Waals surface area (Å²) in [5.74, 6) is 2.06. The van der Waals surface area contributed by atoms with Gasteiger partial charge in [-0.1, -0.05) is 46.8 Å². The second kappa shape index (κ2) is 6.19. The molecular formula is C22H36O2Si. The van der Waals surface area contributed by atoms with Crippen LogP contribution < -0.4 is 0 Å². The van der Waals surface area contributed by atoms with Crippen LogP contribution in [0, 0.1) is 23.2 Å². The van der Waals surface area contributed by atoms with E-state index < -0.39 is 8.32 Å². The summed E-state index contributed by atoms with van der Waals surface area (Å²) >= 11 is 0. The van der Waals surface area contributed by atoms with Crippen molar-refractivity contribution in [2.75, 3.05) is 0 Å². The van der Waals surface area contributed by atoms with E-state index in [0.29, 0.717) is 30.0 Å². The number of hydrogen-bond donors (Lipinski definition) is 0. The molecule has 0 heterocycles. The lowest BCUT2D eigenvalue weighted by Crippen LogP contribution is -2.53. The number of allylic oxidation sites excluding steroid dienone is 3. The molecule has 140 valence electrons. The molecule has 0 aromatic rings. The van der Waals surface area contributed by atoms with Crippen molar-refractivity contribution >= 4 is 14.1 Å². The van der Waals surface area contributed by atoms with Crippen LogP contribution in [-0.4, -0.2) is 20.2 Å². The number of rotatable bonds is 2. The third-order valence-corrected chi connectivity index (χ3v) is 12.3. The topological polar surface area (TPSA) is 26.3 Å². The Morgan fingerprint density at radius 1 is 1.28 bits per heavy atom. The van der Waals surface area contributed by atoms with Crippen LogP contribution in [0.15, 0.2) is 23.8 Å². The van der Waals surface area contributed by atoms with Crippen LogP contribution in [0.3, 0.4) is 0 Å². The van der Waals surface area contributed by atoms with Gasteiger partial charge in [-0.15, -0.1) is 0 Å². The van der Waals surface area contributed by atoms with E-state index in [2.05, 4.69) is 59.9 Å². The minimum absolute atomic E-state index is 0.141. The standard InChI is InChI=1S/C22H36O2Si/c1-15-9-8-12-22(5)18-11-10-16(23)13-17(18)20(14-19(15)22)24-25(6,7)21(2,3)4/h8-9,13,15,18-20H,10-12,14H2,1-7H3/t15-,18+,19+,20-,22-/m1/s1. The molecule has 25 heavy (non-hydrogen) atoms. The van der Waals surface area contributed by atoms with Crippen molar-refractivity contribution in [2.24, 2.45) is 23.2 Å². The zero-order valence-corrected chi connectivity index (χ0v) is 18.2. The largest absolute Gasteiger partial charge is 0.410 e. The quantitative estimate of drug-likeness (QED) is 0.452. The van der Waals surface area contributed by atoms with E-state index in [9.17, 15) is 4.79 Å².